The summed E-state index contributed by atoms with van der Waals surface area (Å²) in [5.41, 5.74) is 0.573. The maximum Gasteiger partial charge on any atom is 0.387 e. The summed E-state index contributed by atoms with van der Waals surface area (Å²) in [6.07, 6.45) is 2.43. The van der Waals surface area contributed by atoms with Crippen LogP contribution in [0.15, 0.2) is 53.6 Å². The Kier molecular flexibility index (Phi) is 4.64. The molecule has 0 bridgehead atoms. The zero-order valence-corrected chi connectivity index (χ0v) is 12.7. The van der Waals surface area contributed by atoms with Crippen molar-refractivity contribution >= 4 is 22.8 Å². The van der Waals surface area contributed by atoms with Gasteiger partial charge in [0.1, 0.15) is 6.54 Å². The Morgan fingerprint density at radius 1 is 1.20 bits per heavy atom. The second kappa shape index (κ2) is 7.04. The number of carbonyl (C=O) groups is 1. The molecule has 3 rings (SSSR count). The van der Waals surface area contributed by atoms with Crippen LogP contribution in [0.2, 0.25) is 0 Å². The number of ether oxygens (including phenoxy) is 1. The molecule has 0 saturated heterocycles. The second-order valence-electron chi connectivity index (χ2n) is 4.95. The molecule has 0 unspecified atom stereocenters. The summed E-state index contributed by atoms with van der Waals surface area (Å²) >= 11 is 0. The molecule has 1 N–H and O–H groups in total. The van der Waals surface area contributed by atoms with E-state index in [0.29, 0.717) is 11.0 Å². The fourth-order valence-corrected chi connectivity index (χ4v) is 2.27. The van der Waals surface area contributed by atoms with Crippen molar-refractivity contribution in [2.24, 2.45) is 0 Å². The minimum absolute atomic E-state index is 0.154. The highest BCUT2D eigenvalue weighted by atomic mass is 19.3. The normalized spacial score (nSPS) is 10.8. The van der Waals surface area contributed by atoms with Gasteiger partial charge in [-0.25, -0.2) is 9.97 Å². The van der Waals surface area contributed by atoms with Crippen molar-refractivity contribution in [2.45, 2.75) is 13.2 Å². The number of fused-ring (bicyclic) bond motifs is 1. The third-order valence-corrected chi connectivity index (χ3v) is 3.30. The molecule has 9 heteroatoms. The Morgan fingerprint density at radius 3 is 2.80 bits per heavy atom. The Hall–Kier alpha value is -3.36. The second-order valence-corrected chi connectivity index (χ2v) is 4.95. The van der Waals surface area contributed by atoms with Crippen LogP contribution in [-0.2, 0) is 11.3 Å². The van der Waals surface area contributed by atoms with Gasteiger partial charge in [-0.15, -0.1) is 0 Å². The van der Waals surface area contributed by atoms with Crippen LogP contribution in [0.3, 0.4) is 0 Å². The van der Waals surface area contributed by atoms with Gasteiger partial charge in [0.15, 0.2) is 11.6 Å². The lowest BCUT2D eigenvalue weighted by molar-refractivity contribution is -0.116. The van der Waals surface area contributed by atoms with E-state index in [1.54, 1.807) is 24.3 Å². The van der Waals surface area contributed by atoms with Crippen LogP contribution in [0.5, 0.6) is 5.75 Å². The zero-order chi connectivity index (χ0) is 17.8. The van der Waals surface area contributed by atoms with Gasteiger partial charge < -0.3 is 10.1 Å². The highest BCUT2D eigenvalue weighted by Crippen LogP contribution is 2.22. The van der Waals surface area contributed by atoms with E-state index in [2.05, 4.69) is 20.0 Å². The van der Waals surface area contributed by atoms with E-state index in [0.717, 1.165) is 6.20 Å². The minimum atomic E-state index is -3.05. The van der Waals surface area contributed by atoms with E-state index in [1.807, 2.05) is 0 Å². The van der Waals surface area contributed by atoms with Crippen molar-refractivity contribution in [3.05, 3.63) is 59.1 Å². The molecule has 0 aliphatic carbocycles. The summed E-state index contributed by atoms with van der Waals surface area (Å²) < 4.78 is 30.3. The van der Waals surface area contributed by atoms with Crippen LogP contribution >= 0.6 is 0 Å². The van der Waals surface area contributed by atoms with E-state index in [1.165, 1.54) is 22.9 Å². The van der Waals surface area contributed by atoms with Crippen molar-refractivity contribution in [1.29, 1.82) is 0 Å². The quantitative estimate of drug-likeness (QED) is 0.764. The van der Waals surface area contributed by atoms with E-state index in [-0.39, 0.29) is 18.1 Å². The molecule has 1 aromatic carbocycles. The number of benzene rings is 1. The molecule has 0 saturated carbocycles. The van der Waals surface area contributed by atoms with Gasteiger partial charge in [-0.05, 0) is 24.3 Å². The number of pyridine rings is 1. The largest absolute Gasteiger partial charge is 0.431 e. The lowest BCUT2D eigenvalue weighted by atomic mass is 10.3. The van der Waals surface area contributed by atoms with Gasteiger partial charge in [0.05, 0.1) is 17.2 Å². The van der Waals surface area contributed by atoms with E-state index in [9.17, 15) is 18.4 Å². The van der Waals surface area contributed by atoms with Gasteiger partial charge in [0.25, 0.3) is 5.56 Å². The van der Waals surface area contributed by atoms with Gasteiger partial charge in [0.2, 0.25) is 5.91 Å². The monoisotopic (exact) mass is 346 g/mol. The Bertz CT molecular complexity index is 975. The molecule has 0 aliphatic heterocycles. The summed E-state index contributed by atoms with van der Waals surface area (Å²) in [7, 11) is 0. The van der Waals surface area contributed by atoms with Crippen LogP contribution < -0.4 is 15.6 Å². The number of anilines is 1. The SMILES string of the molecule is O=C(Cn1c(=O)cnc2ccccc21)Nc1ncccc1OC(F)F. The third-order valence-electron chi connectivity index (χ3n) is 3.30. The lowest BCUT2D eigenvalue weighted by Crippen LogP contribution is -2.28. The third kappa shape index (κ3) is 3.77. The summed E-state index contributed by atoms with van der Waals surface area (Å²) in [5, 5.41) is 2.37. The molecule has 3 aromatic rings. The maximum atomic E-state index is 12.4. The highest BCUT2D eigenvalue weighted by molar-refractivity contribution is 5.91. The summed E-state index contributed by atoms with van der Waals surface area (Å²) in [5.74, 6) is -1.03. The predicted octanol–water partition coefficient (Wildman–Crippen LogP) is 2.03. The molecule has 7 nitrogen and oxygen atoms in total. The van der Waals surface area contributed by atoms with Crippen LogP contribution in [-0.4, -0.2) is 27.1 Å². The van der Waals surface area contributed by atoms with E-state index >= 15 is 0 Å². The molecule has 1 amide bonds. The number of halogens is 2. The first-order valence-electron chi connectivity index (χ1n) is 7.19. The fraction of sp³-hybridized carbons (Fsp3) is 0.125. The van der Waals surface area contributed by atoms with Gasteiger partial charge >= 0.3 is 6.61 Å². The maximum absolute atomic E-state index is 12.4. The molecule has 25 heavy (non-hydrogen) atoms. The molecule has 0 radical (unpaired) electrons. The molecule has 0 spiro atoms. The number of nitrogens with one attached hydrogen (secondary N) is 1. The Morgan fingerprint density at radius 2 is 2.00 bits per heavy atom. The van der Waals surface area contributed by atoms with Crippen molar-refractivity contribution in [2.75, 3.05) is 5.32 Å². The number of hydrogen-bond acceptors (Lipinski definition) is 5. The topological polar surface area (TPSA) is 86.1 Å². The highest BCUT2D eigenvalue weighted by Gasteiger charge is 2.14. The number of para-hydroxylation sites is 2. The number of amides is 1. The predicted molar refractivity (Wildman–Crippen MR) is 85.5 cm³/mol. The zero-order valence-electron chi connectivity index (χ0n) is 12.7. The Labute approximate surface area is 139 Å². The molecule has 0 atom stereocenters. The first-order valence-corrected chi connectivity index (χ1v) is 7.19. The lowest BCUT2D eigenvalue weighted by Gasteiger charge is -2.12. The summed E-state index contributed by atoms with van der Waals surface area (Å²) in [6.45, 7) is -3.38. The first kappa shape index (κ1) is 16.5. The minimum Gasteiger partial charge on any atom is -0.431 e. The van der Waals surface area contributed by atoms with Crippen molar-refractivity contribution in [1.82, 2.24) is 14.5 Å². The standard InChI is InChI=1S/C16H12F2N4O3/c17-16(18)25-12-6-3-7-19-15(12)21-13(23)9-22-11-5-2-1-4-10(11)20-8-14(22)24/h1-8,16H,9H2,(H,19,21,23). The van der Waals surface area contributed by atoms with Crippen LogP contribution in [0.25, 0.3) is 11.0 Å². The average molecular weight is 346 g/mol. The smallest absolute Gasteiger partial charge is 0.387 e. The van der Waals surface area contributed by atoms with Gasteiger partial charge in [-0.1, -0.05) is 12.1 Å². The van der Waals surface area contributed by atoms with E-state index < -0.39 is 18.1 Å². The number of hydrogen-bond donors (Lipinski definition) is 1. The Balaban J connectivity index is 1.85. The van der Waals surface area contributed by atoms with Crippen LogP contribution in [0.1, 0.15) is 0 Å². The van der Waals surface area contributed by atoms with Crippen molar-refractivity contribution in [3.63, 3.8) is 0 Å². The van der Waals surface area contributed by atoms with Gasteiger partial charge in [-0.3, -0.25) is 14.2 Å². The van der Waals surface area contributed by atoms with Crippen molar-refractivity contribution in [3.8, 4) is 5.75 Å². The number of aromatic nitrogens is 3. The molecule has 0 aliphatic rings. The summed E-state index contributed by atoms with van der Waals surface area (Å²) in [6, 6.07) is 9.48. The number of alkyl halides is 2. The van der Waals surface area contributed by atoms with Crippen LogP contribution in [0, 0.1) is 0 Å². The molecule has 0 fully saturated rings. The average Bonchev–Trinajstić information content (AvgIpc) is 2.59. The number of carbonyl (C=O) groups excluding carboxylic acids is 1. The first-order chi connectivity index (χ1) is 12.0. The van der Waals surface area contributed by atoms with Gasteiger partial charge in [-0.2, -0.15) is 8.78 Å². The molecular weight excluding hydrogens is 334 g/mol. The van der Waals surface area contributed by atoms with Crippen LogP contribution in [0.4, 0.5) is 14.6 Å². The number of rotatable bonds is 5. The van der Waals surface area contributed by atoms with E-state index in [4.69, 9.17) is 0 Å². The van der Waals surface area contributed by atoms with Gasteiger partial charge in [0, 0.05) is 6.20 Å². The van der Waals surface area contributed by atoms with Crippen molar-refractivity contribution < 1.29 is 18.3 Å². The summed E-state index contributed by atoms with van der Waals surface area (Å²) in [4.78, 5) is 32.1. The number of nitrogens with zero attached hydrogens (tertiary/aromatic N) is 3. The molecule has 128 valence electrons. The molecular formula is C16H12F2N4O3. The molecule has 2 aromatic heterocycles. The molecule has 2 heterocycles. The fourth-order valence-electron chi connectivity index (χ4n) is 2.27.